The second kappa shape index (κ2) is 5.90. The fourth-order valence-electron chi connectivity index (χ4n) is 2.89. The maximum absolute atomic E-state index is 11.3. The van der Waals surface area contributed by atoms with Gasteiger partial charge in [-0.15, -0.1) is 0 Å². The second-order valence-electron chi connectivity index (χ2n) is 5.40. The van der Waals surface area contributed by atoms with Crippen LogP contribution in [0.2, 0.25) is 0 Å². The Bertz CT molecular complexity index is 1020. The molecule has 0 fully saturated rings. The van der Waals surface area contributed by atoms with Gasteiger partial charge < -0.3 is 0 Å². The third kappa shape index (κ3) is 2.51. The van der Waals surface area contributed by atoms with Crippen molar-refractivity contribution in [1.82, 2.24) is 0 Å². The lowest BCUT2D eigenvalue weighted by Crippen LogP contribution is -1.86. The van der Waals surface area contributed by atoms with Crippen LogP contribution in [0.4, 0.5) is 0 Å². The number of benzene rings is 4. The number of hydrogen-bond donors (Lipinski definition) is 0. The highest BCUT2D eigenvalue weighted by molar-refractivity contribution is 7.99. The Morgan fingerprint density at radius 1 is 0.609 bits per heavy atom. The Hall–Kier alpha value is -2.58. The van der Waals surface area contributed by atoms with Gasteiger partial charge in [0, 0.05) is 15.4 Å². The predicted octanol–water partition coefficient (Wildman–Crippen LogP) is 5.96. The Balaban J connectivity index is 1.89. The van der Waals surface area contributed by atoms with Crippen molar-refractivity contribution >= 4 is 39.6 Å². The van der Waals surface area contributed by atoms with Crippen LogP contribution in [0.1, 0.15) is 10.4 Å². The van der Waals surface area contributed by atoms with Gasteiger partial charge >= 0.3 is 0 Å². The molecule has 4 aromatic carbocycles. The van der Waals surface area contributed by atoms with Crippen LogP contribution in [0.3, 0.4) is 0 Å². The van der Waals surface area contributed by atoms with E-state index in [1.54, 1.807) is 11.8 Å². The molecule has 0 bridgehead atoms. The van der Waals surface area contributed by atoms with E-state index in [1.165, 1.54) is 20.6 Å². The van der Waals surface area contributed by atoms with Gasteiger partial charge in [0.15, 0.2) is 6.29 Å². The summed E-state index contributed by atoms with van der Waals surface area (Å²) in [6.07, 6.45) is 0.925. The first-order valence-electron chi connectivity index (χ1n) is 7.49. The molecule has 0 heterocycles. The summed E-state index contributed by atoms with van der Waals surface area (Å²) in [5.41, 5.74) is 0.739. The molecule has 0 unspecified atom stereocenters. The fraction of sp³-hybridized carbons (Fsp3) is 0. The monoisotopic (exact) mass is 314 g/mol. The molecule has 23 heavy (non-hydrogen) atoms. The third-order valence-corrected chi connectivity index (χ3v) is 5.17. The lowest BCUT2D eigenvalue weighted by Gasteiger charge is -2.10. The minimum absolute atomic E-state index is 0.739. The smallest absolute Gasteiger partial charge is 0.150 e. The van der Waals surface area contributed by atoms with Gasteiger partial charge in [0.2, 0.25) is 0 Å². The molecule has 0 atom stereocenters. The standard InChI is InChI=1S/C21H14OS/c22-14-16-12-13-21(19-10-4-3-8-17(16)19)23-20-11-5-7-15-6-1-2-9-18(15)20/h1-14H. The van der Waals surface area contributed by atoms with Gasteiger partial charge in [-0.3, -0.25) is 4.79 Å². The highest BCUT2D eigenvalue weighted by Crippen LogP contribution is 2.37. The summed E-state index contributed by atoms with van der Waals surface area (Å²) >= 11 is 1.75. The average Bonchev–Trinajstić information content (AvgIpc) is 2.62. The summed E-state index contributed by atoms with van der Waals surface area (Å²) in [6.45, 7) is 0. The third-order valence-electron chi connectivity index (χ3n) is 4.01. The van der Waals surface area contributed by atoms with Gasteiger partial charge in [-0.1, -0.05) is 72.4 Å². The van der Waals surface area contributed by atoms with Crippen molar-refractivity contribution in [2.24, 2.45) is 0 Å². The van der Waals surface area contributed by atoms with E-state index in [-0.39, 0.29) is 0 Å². The first kappa shape index (κ1) is 14.0. The fourth-order valence-corrected chi connectivity index (χ4v) is 3.99. The number of carbonyl (C=O) groups excluding carboxylic acids is 1. The molecule has 4 rings (SSSR count). The predicted molar refractivity (Wildman–Crippen MR) is 97.4 cm³/mol. The zero-order valence-electron chi connectivity index (χ0n) is 12.4. The molecule has 110 valence electrons. The van der Waals surface area contributed by atoms with E-state index < -0.39 is 0 Å². The van der Waals surface area contributed by atoms with Gasteiger partial charge in [-0.2, -0.15) is 0 Å². The van der Waals surface area contributed by atoms with E-state index in [4.69, 9.17) is 0 Å². The summed E-state index contributed by atoms with van der Waals surface area (Å²) in [7, 11) is 0. The maximum Gasteiger partial charge on any atom is 0.150 e. The van der Waals surface area contributed by atoms with E-state index in [9.17, 15) is 4.79 Å². The van der Waals surface area contributed by atoms with Gasteiger partial charge in [-0.25, -0.2) is 0 Å². The lowest BCUT2D eigenvalue weighted by atomic mass is 10.1. The molecule has 0 aromatic heterocycles. The minimum atomic E-state index is 0.739. The van der Waals surface area contributed by atoms with Crippen molar-refractivity contribution in [3.63, 3.8) is 0 Å². The molecule has 0 saturated heterocycles. The summed E-state index contributed by atoms with van der Waals surface area (Å²) < 4.78 is 0. The molecule has 0 aliphatic heterocycles. The van der Waals surface area contributed by atoms with Gasteiger partial charge in [-0.05, 0) is 39.7 Å². The molecular weight excluding hydrogens is 300 g/mol. The first-order valence-corrected chi connectivity index (χ1v) is 8.31. The molecule has 0 saturated carbocycles. The lowest BCUT2D eigenvalue weighted by molar-refractivity contribution is 0.112. The summed E-state index contributed by atoms with van der Waals surface area (Å²) in [4.78, 5) is 13.7. The number of carbonyl (C=O) groups is 1. The van der Waals surface area contributed by atoms with Crippen molar-refractivity contribution in [1.29, 1.82) is 0 Å². The van der Waals surface area contributed by atoms with Crippen molar-refractivity contribution in [3.05, 3.63) is 84.4 Å². The van der Waals surface area contributed by atoms with Crippen molar-refractivity contribution in [2.45, 2.75) is 9.79 Å². The van der Waals surface area contributed by atoms with Crippen molar-refractivity contribution in [3.8, 4) is 0 Å². The quantitative estimate of drug-likeness (QED) is 0.434. The van der Waals surface area contributed by atoms with Crippen LogP contribution in [-0.2, 0) is 0 Å². The van der Waals surface area contributed by atoms with Crippen LogP contribution >= 0.6 is 11.8 Å². The van der Waals surface area contributed by atoms with Crippen LogP contribution in [0.15, 0.2) is 88.7 Å². The second-order valence-corrected chi connectivity index (χ2v) is 6.48. The van der Waals surface area contributed by atoms with Crippen LogP contribution in [-0.4, -0.2) is 6.29 Å². The highest BCUT2D eigenvalue weighted by atomic mass is 32.2. The Morgan fingerprint density at radius 3 is 2.09 bits per heavy atom. The molecule has 0 amide bonds. The van der Waals surface area contributed by atoms with Gasteiger partial charge in [0.1, 0.15) is 0 Å². The van der Waals surface area contributed by atoms with E-state index in [0.717, 1.165) is 22.6 Å². The van der Waals surface area contributed by atoms with Crippen molar-refractivity contribution < 1.29 is 4.79 Å². The van der Waals surface area contributed by atoms with E-state index >= 15 is 0 Å². The zero-order valence-corrected chi connectivity index (χ0v) is 13.2. The van der Waals surface area contributed by atoms with Crippen molar-refractivity contribution in [2.75, 3.05) is 0 Å². The number of hydrogen-bond acceptors (Lipinski definition) is 2. The Morgan fingerprint density at radius 2 is 1.26 bits per heavy atom. The molecular formula is C21H14OS. The Labute approximate surface area is 139 Å². The summed E-state index contributed by atoms with van der Waals surface area (Å²) in [5, 5.41) is 4.62. The average molecular weight is 314 g/mol. The number of aldehydes is 1. The molecule has 0 N–H and O–H groups in total. The minimum Gasteiger partial charge on any atom is -0.298 e. The van der Waals surface area contributed by atoms with Crippen LogP contribution < -0.4 is 0 Å². The SMILES string of the molecule is O=Cc1ccc(Sc2cccc3ccccc23)c2ccccc12. The van der Waals surface area contributed by atoms with E-state index in [0.29, 0.717) is 0 Å². The summed E-state index contributed by atoms with van der Waals surface area (Å²) in [5.74, 6) is 0. The van der Waals surface area contributed by atoms with Gasteiger partial charge in [0.05, 0.1) is 0 Å². The molecule has 0 aliphatic rings. The number of fused-ring (bicyclic) bond motifs is 2. The Kier molecular flexibility index (Phi) is 3.60. The zero-order chi connectivity index (χ0) is 15.6. The van der Waals surface area contributed by atoms with Gasteiger partial charge in [0.25, 0.3) is 0 Å². The van der Waals surface area contributed by atoms with E-state index in [1.807, 2.05) is 30.3 Å². The highest BCUT2D eigenvalue weighted by Gasteiger charge is 2.08. The first-order chi connectivity index (χ1) is 11.4. The largest absolute Gasteiger partial charge is 0.298 e. The molecule has 4 aromatic rings. The maximum atomic E-state index is 11.3. The molecule has 2 heteroatoms. The van der Waals surface area contributed by atoms with Crippen LogP contribution in [0.25, 0.3) is 21.5 Å². The molecule has 0 aliphatic carbocycles. The van der Waals surface area contributed by atoms with Crippen LogP contribution in [0.5, 0.6) is 0 Å². The van der Waals surface area contributed by atoms with Crippen LogP contribution in [0, 0.1) is 0 Å². The molecule has 1 nitrogen and oxygen atoms in total. The normalized spacial score (nSPS) is 11.0. The topological polar surface area (TPSA) is 17.1 Å². The van der Waals surface area contributed by atoms with E-state index in [2.05, 4.69) is 48.5 Å². The summed E-state index contributed by atoms with van der Waals surface area (Å²) in [6, 6.07) is 26.8. The molecule has 0 radical (unpaired) electrons. The number of rotatable bonds is 3. The molecule has 0 spiro atoms.